The van der Waals surface area contributed by atoms with Crippen LogP contribution in [0.1, 0.15) is 18.9 Å². The van der Waals surface area contributed by atoms with E-state index in [2.05, 4.69) is 16.3 Å². The molecule has 1 aliphatic rings. The number of hydrogen-bond acceptors (Lipinski definition) is 4. The topological polar surface area (TPSA) is 82.2 Å². The van der Waals surface area contributed by atoms with Crippen LogP contribution in [0.3, 0.4) is 0 Å². The fourth-order valence-corrected chi connectivity index (χ4v) is 2.39. The van der Waals surface area contributed by atoms with Gasteiger partial charge in [0.05, 0.1) is 17.3 Å². The molecule has 1 aliphatic heterocycles. The molecular formula is C14H19ClN4O. The molecule has 0 aliphatic carbocycles. The third-order valence-corrected chi connectivity index (χ3v) is 3.47. The maximum Gasteiger partial charge on any atom is 0.234 e. The predicted octanol–water partition coefficient (Wildman–Crippen LogP) is 1.02. The highest BCUT2D eigenvalue weighted by atomic mass is 35.5. The molecule has 0 radical (unpaired) electrons. The smallest absolute Gasteiger partial charge is 0.234 e. The fourth-order valence-electron chi connectivity index (χ4n) is 2.39. The molecule has 1 aromatic carbocycles. The summed E-state index contributed by atoms with van der Waals surface area (Å²) in [6.07, 6.45) is 0.942. The molecule has 1 heterocycles. The van der Waals surface area contributed by atoms with Crippen LogP contribution in [0.15, 0.2) is 24.3 Å². The molecule has 5 nitrogen and oxygen atoms in total. The number of nitrogens with one attached hydrogen (secondary N) is 1. The van der Waals surface area contributed by atoms with E-state index < -0.39 is 0 Å². The molecule has 0 unspecified atom stereocenters. The average Bonchev–Trinajstić information content (AvgIpc) is 2.86. The van der Waals surface area contributed by atoms with E-state index in [1.54, 1.807) is 6.92 Å². The number of benzene rings is 1. The Bertz CT molecular complexity index is 514. The van der Waals surface area contributed by atoms with Crippen LogP contribution in [0.5, 0.6) is 0 Å². The molecule has 0 bridgehead atoms. The van der Waals surface area contributed by atoms with Gasteiger partial charge in [-0.1, -0.05) is 12.1 Å². The Hall–Kier alpha value is -1.77. The number of nitriles is 1. The van der Waals surface area contributed by atoms with E-state index in [0.29, 0.717) is 5.56 Å². The highest BCUT2D eigenvalue weighted by Crippen LogP contribution is 2.24. The summed E-state index contributed by atoms with van der Waals surface area (Å²) in [7, 11) is 0. The van der Waals surface area contributed by atoms with Gasteiger partial charge in [-0.3, -0.25) is 4.79 Å². The monoisotopic (exact) mass is 294 g/mol. The van der Waals surface area contributed by atoms with E-state index in [0.717, 1.165) is 25.2 Å². The standard InChI is InChI=1S/C14H18N4O.ClH/c1-10(14(16)19)17-12-6-7-18(9-12)13-5-3-2-4-11(13)8-15;/h2-5,10,12,17H,6-7,9H2,1H3,(H2,16,19);1H/t10-,12-;/m0./s1. The zero-order valence-electron chi connectivity index (χ0n) is 11.4. The van der Waals surface area contributed by atoms with Crippen molar-refractivity contribution in [1.29, 1.82) is 5.26 Å². The van der Waals surface area contributed by atoms with Crippen molar-refractivity contribution in [3.05, 3.63) is 29.8 Å². The summed E-state index contributed by atoms with van der Waals surface area (Å²) in [6, 6.07) is 9.69. The minimum atomic E-state index is -0.337. The Labute approximate surface area is 125 Å². The normalized spacial score (nSPS) is 19.0. The molecule has 0 aromatic heterocycles. The summed E-state index contributed by atoms with van der Waals surface area (Å²) >= 11 is 0. The molecular weight excluding hydrogens is 276 g/mol. The van der Waals surface area contributed by atoms with Crippen molar-refractivity contribution in [2.24, 2.45) is 5.73 Å². The zero-order chi connectivity index (χ0) is 13.8. The van der Waals surface area contributed by atoms with Crippen LogP contribution in [0.4, 0.5) is 5.69 Å². The van der Waals surface area contributed by atoms with Gasteiger partial charge in [0.2, 0.25) is 5.91 Å². The Morgan fingerprint density at radius 1 is 1.55 bits per heavy atom. The molecule has 1 amide bonds. The van der Waals surface area contributed by atoms with Gasteiger partial charge in [-0.2, -0.15) is 5.26 Å². The quantitative estimate of drug-likeness (QED) is 0.869. The summed E-state index contributed by atoms with van der Waals surface area (Å²) in [5, 5.41) is 12.3. The Balaban J connectivity index is 0.00000200. The molecule has 0 spiro atoms. The molecule has 1 fully saturated rings. The van der Waals surface area contributed by atoms with Crippen molar-refractivity contribution < 1.29 is 4.79 Å². The zero-order valence-corrected chi connectivity index (χ0v) is 12.2. The van der Waals surface area contributed by atoms with Crippen molar-refractivity contribution >= 4 is 24.0 Å². The van der Waals surface area contributed by atoms with Gasteiger partial charge in [0.1, 0.15) is 6.07 Å². The van der Waals surface area contributed by atoms with Crippen molar-refractivity contribution in [2.75, 3.05) is 18.0 Å². The van der Waals surface area contributed by atoms with Gasteiger partial charge in [0.15, 0.2) is 0 Å². The molecule has 2 atom stereocenters. The predicted molar refractivity (Wildman–Crippen MR) is 80.8 cm³/mol. The van der Waals surface area contributed by atoms with Gasteiger partial charge < -0.3 is 16.0 Å². The number of rotatable bonds is 4. The van der Waals surface area contributed by atoms with E-state index in [9.17, 15) is 4.79 Å². The van der Waals surface area contributed by atoms with Gasteiger partial charge in [-0.25, -0.2) is 0 Å². The van der Waals surface area contributed by atoms with E-state index in [1.165, 1.54) is 0 Å². The lowest BCUT2D eigenvalue weighted by Gasteiger charge is -2.21. The number of para-hydroxylation sites is 1. The van der Waals surface area contributed by atoms with E-state index >= 15 is 0 Å². The van der Waals surface area contributed by atoms with Crippen LogP contribution in [-0.4, -0.2) is 31.1 Å². The Morgan fingerprint density at radius 2 is 2.25 bits per heavy atom. The molecule has 20 heavy (non-hydrogen) atoms. The molecule has 6 heteroatoms. The maximum absolute atomic E-state index is 11.0. The molecule has 108 valence electrons. The van der Waals surface area contributed by atoms with Crippen LogP contribution in [0.25, 0.3) is 0 Å². The second-order valence-electron chi connectivity index (χ2n) is 4.85. The van der Waals surface area contributed by atoms with Gasteiger partial charge in [0.25, 0.3) is 0 Å². The lowest BCUT2D eigenvalue weighted by molar-refractivity contribution is -0.119. The summed E-state index contributed by atoms with van der Waals surface area (Å²) < 4.78 is 0. The SMILES string of the molecule is C[C@H](N[C@H]1CCN(c2ccccc2C#N)C1)C(N)=O.Cl. The number of carbonyl (C=O) groups excluding carboxylic acids is 1. The maximum atomic E-state index is 11.0. The first-order chi connectivity index (χ1) is 9.11. The third kappa shape index (κ3) is 3.62. The molecule has 1 saturated heterocycles. The third-order valence-electron chi connectivity index (χ3n) is 3.47. The first kappa shape index (κ1) is 16.3. The number of hydrogen-bond donors (Lipinski definition) is 2. The second kappa shape index (κ2) is 7.13. The summed E-state index contributed by atoms with van der Waals surface area (Å²) in [5.74, 6) is -0.337. The largest absolute Gasteiger partial charge is 0.369 e. The lowest BCUT2D eigenvalue weighted by atomic mass is 10.2. The van der Waals surface area contributed by atoms with Gasteiger partial charge in [0, 0.05) is 19.1 Å². The molecule has 0 saturated carbocycles. The van der Waals surface area contributed by atoms with Gasteiger partial charge >= 0.3 is 0 Å². The average molecular weight is 295 g/mol. The van der Waals surface area contributed by atoms with Crippen LogP contribution in [0.2, 0.25) is 0 Å². The highest BCUT2D eigenvalue weighted by molar-refractivity contribution is 5.85. The number of carbonyl (C=O) groups is 1. The highest BCUT2D eigenvalue weighted by Gasteiger charge is 2.26. The second-order valence-corrected chi connectivity index (χ2v) is 4.85. The summed E-state index contributed by atoms with van der Waals surface area (Å²) in [6.45, 7) is 3.44. The van der Waals surface area contributed by atoms with Crippen molar-refractivity contribution in [3.8, 4) is 6.07 Å². The minimum absolute atomic E-state index is 0. The number of nitrogens with two attached hydrogens (primary N) is 1. The van der Waals surface area contributed by atoms with Crippen LogP contribution >= 0.6 is 12.4 Å². The Morgan fingerprint density at radius 3 is 2.90 bits per heavy atom. The van der Waals surface area contributed by atoms with E-state index in [4.69, 9.17) is 11.0 Å². The first-order valence-corrected chi connectivity index (χ1v) is 6.41. The number of amides is 1. The molecule has 1 aromatic rings. The number of nitrogens with zero attached hydrogens (tertiary/aromatic N) is 2. The summed E-state index contributed by atoms with van der Waals surface area (Å²) in [4.78, 5) is 13.2. The van der Waals surface area contributed by atoms with E-state index in [-0.39, 0.29) is 30.4 Å². The molecule has 3 N–H and O–H groups in total. The lowest BCUT2D eigenvalue weighted by Crippen LogP contribution is -2.45. The van der Waals surface area contributed by atoms with Gasteiger partial charge in [-0.15, -0.1) is 12.4 Å². The van der Waals surface area contributed by atoms with Crippen LogP contribution in [-0.2, 0) is 4.79 Å². The number of halogens is 1. The van der Waals surface area contributed by atoms with Crippen molar-refractivity contribution in [2.45, 2.75) is 25.4 Å². The number of primary amides is 1. The van der Waals surface area contributed by atoms with Crippen molar-refractivity contribution in [3.63, 3.8) is 0 Å². The number of anilines is 1. The minimum Gasteiger partial charge on any atom is -0.369 e. The van der Waals surface area contributed by atoms with Crippen LogP contribution < -0.4 is 16.0 Å². The van der Waals surface area contributed by atoms with Crippen molar-refractivity contribution in [1.82, 2.24) is 5.32 Å². The summed E-state index contributed by atoms with van der Waals surface area (Å²) in [5.41, 5.74) is 6.89. The van der Waals surface area contributed by atoms with Crippen LogP contribution in [0, 0.1) is 11.3 Å². The Kier molecular flexibility index (Phi) is 5.81. The molecule has 2 rings (SSSR count). The fraction of sp³-hybridized carbons (Fsp3) is 0.429. The van der Waals surface area contributed by atoms with E-state index in [1.807, 2.05) is 24.3 Å². The van der Waals surface area contributed by atoms with Gasteiger partial charge in [-0.05, 0) is 25.5 Å². The first-order valence-electron chi connectivity index (χ1n) is 6.41.